The van der Waals surface area contributed by atoms with Crippen molar-refractivity contribution in [3.05, 3.63) is 327 Å². The first-order chi connectivity index (χ1) is 49.3. The number of anilines is 3. The number of hydrogen-bond donors (Lipinski definition) is 3. The highest BCUT2D eigenvalue weighted by atomic mass is 15.4. The zero-order chi connectivity index (χ0) is 72.2. The van der Waals surface area contributed by atoms with E-state index in [1.165, 1.54) is 38.9 Å². The van der Waals surface area contributed by atoms with E-state index in [2.05, 4.69) is 398 Å². The third-order valence-corrected chi connectivity index (χ3v) is 19.2. The average molecular weight is 1350 g/mol. The van der Waals surface area contributed by atoms with Crippen molar-refractivity contribution >= 4 is 53.5 Å². The van der Waals surface area contributed by atoms with Gasteiger partial charge in [0.05, 0.1) is 18.5 Å². The molecule has 0 radical (unpaired) electrons. The quantitative estimate of drug-likeness (QED) is 0.0808. The van der Waals surface area contributed by atoms with Crippen LogP contribution in [0.25, 0.3) is 82.0 Å². The lowest BCUT2D eigenvalue weighted by Gasteiger charge is -2.40. The van der Waals surface area contributed by atoms with Gasteiger partial charge in [-0.25, -0.2) is 29.9 Å². The molecule has 10 aromatic carbocycles. The Hall–Kier alpha value is -10.9. The predicted octanol–water partition coefficient (Wildman–Crippen LogP) is 22.7. The van der Waals surface area contributed by atoms with Crippen molar-refractivity contribution in [1.29, 1.82) is 0 Å². The van der Waals surface area contributed by atoms with Crippen molar-refractivity contribution in [1.82, 2.24) is 45.9 Å². The van der Waals surface area contributed by atoms with E-state index >= 15 is 0 Å². The monoisotopic (exact) mass is 1350 g/mol. The molecule has 10 heteroatoms. The van der Waals surface area contributed by atoms with Crippen molar-refractivity contribution in [2.24, 2.45) is 0 Å². The Kier molecular flexibility index (Phi) is 20.3. The first-order valence-corrected chi connectivity index (χ1v) is 35.9. The molecule has 1 fully saturated rings. The number of nitrogens with zero attached hydrogens (tertiary/aromatic N) is 7. The first kappa shape index (κ1) is 70.6. The minimum absolute atomic E-state index is 0.0284. The molecule has 516 valence electrons. The summed E-state index contributed by atoms with van der Waals surface area (Å²) in [5.74, 6) is 4.02. The molecule has 10 nitrogen and oxygen atoms in total. The number of benzene rings is 10. The summed E-state index contributed by atoms with van der Waals surface area (Å²) in [6, 6.07) is 87.3. The summed E-state index contributed by atoms with van der Waals surface area (Å²) in [6.07, 6.45) is 12.7. The second-order valence-corrected chi connectivity index (χ2v) is 31.3. The smallest absolute Gasteiger partial charge is 0.164 e. The number of aromatic nitrogens is 6. The summed E-state index contributed by atoms with van der Waals surface area (Å²) < 4.78 is 0. The molecule has 13 rings (SSSR count). The van der Waals surface area contributed by atoms with Gasteiger partial charge in [-0.2, -0.15) is 0 Å². The molecule has 1 saturated heterocycles. The Morgan fingerprint density at radius 2 is 0.437 bits per heavy atom. The van der Waals surface area contributed by atoms with Crippen LogP contribution in [0.4, 0.5) is 17.1 Å². The number of nitrogens with one attached hydrogen (secondary N) is 3. The fourth-order valence-corrected chi connectivity index (χ4v) is 12.8. The van der Waals surface area contributed by atoms with Gasteiger partial charge >= 0.3 is 0 Å². The van der Waals surface area contributed by atoms with Crippen LogP contribution in [0.3, 0.4) is 0 Å². The average Bonchev–Trinajstić information content (AvgIpc) is 0.799. The maximum absolute atomic E-state index is 5.08. The van der Waals surface area contributed by atoms with Crippen molar-refractivity contribution in [3.63, 3.8) is 0 Å². The highest BCUT2D eigenvalue weighted by Crippen LogP contribution is 2.38. The second kappa shape index (κ2) is 29.6. The molecule has 2 atom stereocenters. The third-order valence-electron chi connectivity index (χ3n) is 19.2. The molecular weight excluding hydrogens is 1260 g/mol. The number of rotatable bonds is 16. The molecular formula is C93H94N10. The maximum Gasteiger partial charge on any atom is 0.164 e. The van der Waals surface area contributed by atoms with Crippen molar-refractivity contribution in [3.8, 4) is 45.6 Å². The van der Waals surface area contributed by atoms with E-state index in [1.807, 2.05) is 13.8 Å². The van der Waals surface area contributed by atoms with Crippen molar-refractivity contribution < 1.29 is 0 Å². The van der Waals surface area contributed by atoms with Crippen molar-refractivity contribution in [2.75, 3.05) is 4.90 Å². The minimum Gasteiger partial charge on any atom is -0.311 e. The van der Waals surface area contributed by atoms with E-state index < -0.39 is 0 Å². The van der Waals surface area contributed by atoms with Crippen LogP contribution in [0, 0.1) is 13.8 Å². The van der Waals surface area contributed by atoms with E-state index in [0.29, 0.717) is 34.9 Å². The van der Waals surface area contributed by atoms with Crippen LogP contribution in [-0.2, 0) is 21.7 Å². The molecule has 0 saturated carbocycles. The molecule has 3 heterocycles. The molecule has 1 aliphatic rings. The lowest BCUT2D eigenvalue weighted by atomic mass is 9.86. The van der Waals surface area contributed by atoms with Crippen LogP contribution in [0.2, 0.25) is 0 Å². The van der Waals surface area contributed by atoms with E-state index in [9.17, 15) is 0 Å². The fourth-order valence-electron chi connectivity index (χ4n) is 12.8. The summed E-state index contributed by atoms with van der Waals surface area (Å²) in [4.78, 5) is 31.0. The highest BCUT2D eigenvalue weighted by molar-refractivity contribution is 5.81. The molecule has 0 amide bonds. The summed E-state index contributed by atoms with van der Waals surface area (Å²) in [5.41, 5.74) is 22.4. The summed E-state index contributed by atoms with van der Waals surface area (Å²) in [5, 5.41) is 11.7. The third kappa shape index (κ3) is 17.4. The Labute approximate surface area is 610 Å². The molecule has 2 unspecified atom stereocenters. The Balaban J connectivity index is 0.738. The van der Waals surface area contributed by atoms with Gasteiger partial charge in [-0.15, -0.1) is 0 Å². The molecule has 1 aliphatic heterocycles. The predicted molar refractivity (Wildman–Crippen MR) is 431 cm³/mol. The highest BCUT2D eigenvalue weighted by Gasteiger charge is 2.31. The summed E-state index contributed by atoms with van der Waals surface area (Å²) in [6.45, 7) is 30.7. The lowest BCUT2D eigenvalue weighted by molar-refractivity contribution is 0.203. The van der Waals surface area contributed by atoms with Crippen LogP contribution in [-0.4, -0.2) is 29.9 Å². The van der Waals surface area contributed by atoms with Crippen LogP contribution >= 0.6 is 0 Å². The standard InChI is InChI=1S/C93H94N10/c1-61-94-62(2)96-83(95-61)69-33-21-63(22-34-69)15-18-66-27-55-80(56-28-66)103(81-57-29-67(30-58-81)19-16-64-23-35-70(36-24-64)84-97-86(72-39-47-76(48-40-72)90(3,4)5)101-87(98-84)73-41-49-77(50-42-73)91(6,7)8)82-59-31-68(32-60-82)20-17-65-25-37-71(38-26-65)85-99-88(74-43-51-78(52-44-74)92(9,10)11)102-89(100-85)75-45-53-79(54-46-75)93(12,13)14/h15-60,84,86-87,97-98,101H,1-14H3/b18-15+,19-16+,20-17+. The molecule has 0 aliphatic carbocycles. The lowest BCUT2D eigenvalue weighted by Crippen LogP contribution is -2.54. The summed E-state index contributed by atoms with van der Waals surface area (Å²) >= 11 is 0. The van der Waals surface area contributed by atoms with Crippen LogP contribution in [0.5, 0.6) is 0 Å². The second-order valence-electron chi connectivity index (χ2n) is 31.3. The Morgan fingerprint density at radius 3 is 0.680 bits per heavy atom. The van der Waals surface area contributed by atoms with Gasteiger partial charge in [-0.1, -0.05) is 326 Å². The largest absolute Gasteiger partial charge is 0.311 e. The normalized spacial score (nSPS) is 15.3. The van der Waals surface area contributed by atoms with E-state index in [1.54, 1.807) is 0 Å². The Bertz CT molecular complexity index is 4810. The van der Waals surface area contributed by atoms with E-state index in [0.717, 1.165) is 72.7 Å². The van der Waals surface area contributed by atoms with E-state index in [4.69, 9.17) is 15.0 Å². The van der Waals surface area contributed by atoms with Gasteiger partial charge in [0, 0.05) is 39.3 Å². The van der Waals surface area contributed by atoms with Gasteiger partial charge in [0.2, 0.25) is 0 Å². The van der Waals surface area contributed by atoms with Gasteiger partial charge in [0.1, 0.15) is 11.6 Å². The number of hydrogen-bond acceptors (Lipinski definition) is 10. The molecule has 103 heavy (non-hydrogen) atoms. The number of aryl methyl sites for hydroxylation is 2. The zero-order valence-electron chi connectivity index (χ0n) is 61.9. The molecule has 2 aromatic heterocycles. The SMILES string of the molecule is Cc1nc(C)nc(-c2ccc(/C=C/c3ccc(N(c4ccc(/C=C/c5ccc(-c6nc(-c7ccc(C(C)(C)C)cc7)nc(-c7ccc(C(C)(C)C)cc7)n6)cc5)cc4)c4ccc(/C=C/c5ccc(C6NC(c7ccc(C(C)(C)C)cc7)NC(c7ccc(C(C)(C)C)cc7)N6)cc5)cc4)cc3)cc2)n1. The zero-order valence-corrected chi connectivity index (χ0v) is 61.9. The molecule has 3 N–H and O–H groups in total. The first-order valence-electron chi connectivity index (χ1n) is 35.9. The van der Waals surface area contributed by atoms with Gasteiger partial charge in [-0.05, 0) is 144 Å². The van der Waals surface area contributed by atoms with Gasteiger partial charge < -0.3 is 4.90 Å². The van der Waals surface area contributed by atoms with Gasteiger partial charge in [0.15, 0.2) is 23.3 Å². The van der Waals surface area contributed by atoms with Crippen molar-refractivity contribution in [2.45, 2.75) is 137 Å². The fraction of sp³-hybridized carbons (Fsp3) is 0.226. The topological polar surface area (TPSA) is 117 Å². The van der Waals surface area contributed by atoms with E-state index in [-0.39, 0.29) is 40.2 Å². The van der Waals surface area contributed by atoms with Crippen LogP contribution < -0.4 is 20.9 Å². The van der Waals surface area contributed by atoms with Gasteiger partial charge in [-0.3, -0.25) is 16.0 Å². The minimum atomic E-state index is -0.0997. The maximum atomic E-state index is 5.08. The Morgan fingerprint density at radius 1 is 0.243 bits per heavy atom. The van der Waals surface area contributed by atoms with Gasteiger partial charge in [0.25, 0.3) is 0 Å². The van der Waals surface area contributed by atoms with Crippen LogP contribution in [0.15, 0.2) is 243 Å². The van der Waals surface area contributed by atoms with Crippen LogP contribution in [0.1, 0.15) is 186 Å². The summed E-state index contributed by atoms with van der Waals surface area (Å²) in [7, 11) is 0. The molecule has 12 aromatic rings. The molecule has 0 bridgehead atoms. The molecule has 0 spiro atoms.